The van der Waals surface area contributed by atoms with Crippen LogP contribution in [0.25, 0.3) is 0 Å². The Kier molecular flexibility index (Phi) is 7.03. The standard InChI is InChI=1S/C18H29N3O/c1-3-19-14-17-4-6-18(7-5-17)15-21-12-10-20(11-13-21)9-8-16(2)22/h4-7,19H,3,8-15H2,1-2H3. The van der Waals surface area contributed by atoms with Crippen molar-refractivity contribution in [3.05, 3.63) is 35.4 Å². The van der Waals surface area contributed by atoms with Gasteiger partial charge in [0.25, 0.3) is 0 Å². The number of carbonyl (C=O) groups is 1. The highest BCUT2D eigenvalue weighted by Gasteiger charge is 2.16. The van der Waals surface area contributed by atoms with E-state index < -0.39 is 0 Å². The lowest BCUT2D eigenvalue weighted by atomic mass is 10.1. The zero-order chi connectivity index (χ0) is 15.8. The molecule has 4 nitrogen and oxygen atoms in total. The second-order valence-electron chi connectivity index (χ2n) is 6.17. The highest BCUT2D eigenvalue weighted by atomic mass is 16.1. The Hall–Kier alpha value is -1.23. The molecule has 1 aliphatic rings. The van der Waals surface area contributed by atoms with Crippen LogP contribution in [0.5, 0.6) is 0 Å². The van der Waals surface area contributed by atoms with Gasteiger partial charge in [-0.2, -0.15) is 0 Å². The lowest BCUT2D eigenvalue weighted by molar-refractivity contribution is -0.117. The summed E-state index contributed by atoms with van der Waals surface area (Å²) in [5, 5.41) is 3.35. The first-order chi connectivity index (χ1) is 10.7. The summed E-state index contributed by atoms with van der Waals surface area (Å²) >= 11 is 0. The van der Waals surface area contributed by atoms with Crippen LogP contribution < -0.4 is 5.32 Å². The quantitative estimate of drug-likeness (QED) is 0.795. The first-order valence-corrected chi connectivity index (χ1v) is 8.40. The molecule has 2 rings (SSSR count). The molecular formula is C18H29N3O. The van der Waals surface area contributed by atoms with Gasteiger partial charge in [-0.3, -0.25) is 9.69 Å². The summed E-state index contributed by atoms with van der Waals surface area (Å²) in [6, 6.07) is 8.94. The monoisotopic (exact) mass is 303 g/mol. The van der Waals surface area contributed by atoms with E-state index >= 15 is 0 Å². The van der Waals surface area contributed by atoms with Crippen molar-refractivity contribution in [3.63, 3.8) is 0 Å². The molecule has 22 heavy (non-hydrogen) atoms. The van der Waals surface area contributed by atoms with Crippen molar-refractivity contribution in [2.24, 2.45) is 0 Å². The Morgan fingerprint density at radius 1 is 1.05 bits per heavy atom. The Morgan fingerprint density at radius 3 is 2.23 bits per heavy atom. The molecule has 1 heterocycles. The number of rotatable bonds is 8. The van der Waals surface area contributed by atoms with Gasteiger partial charge in [0.05, 0.1) is 0 Å². The van der Waals surface area contributed by atoms with Gasteiger partial charge in [0, 0.05) is 52.2 Å². The van der Waals surface area contributed by atoms with Crippen molar-refractivity contribution in [1.82, 2.24) is 15.1 Å². The molecule has 0 amide bonds. The van der Waals surface area contributed by atoms with E-state index in [2.05, 4.69) is 46.3 Å². The maximum Gasteiger partial charge on any atom is 0.131 e. The van der Waals surface area contributed by atoms with Gasteiger partial charge < -0.3 is 10.2 Å². The van der Waals surface area contributed by atoms with Crippen LogP contribution in [0.1, 0.15) is 31.4 Å². The number of Topliss-reactive ketones (excluding diaryl/α,β-unsaturated/α-hetero) is 1. The van der Waals surface area contributed by atoms with E-state index in [1.54, 1.807) is 6.92 Å². The molecule has 1 saturated heterocycles. The van der Waals surface area contributed by atoms with E-state index in [0.29, 0.717) is 12.2 Å². The Labute approximate surface area is 134 Å². The van der Waals surface area contributed by atoms with Crippen LogP contribution in [-0.2, 0) is 17.9 Å². The predicted octanol–water partition coefficient (Wildman–Crippen LogP) is 1.89. The fraction of sp³-hybridized carbons (Fsp3) is 0.611. The topological polar surface area (TPSA) is 35.6 Å². The Bertz CT molecular complexity index is 450. The fourth-order valence-electron chi connectivity index (χ4n) is 2.78. The molecule has 4 heteroatoms. The molecule has 1 fully saturated rings. The van der Waals surface area contributed by atoms with E-state index in [0.717, 1.165) is 52.4 Å². The number of nitrogens with one attached hydrogen (secondary N) is 1. The summed E-state index contributed by atoms with van der Waals surface area (Å²) in [4.78, 5) is 15.9. The first-order valence-electron chi connectivity index (χ1n) is 8.40. The number of piperazine rings is 1. The van der Waals surface area contributed by atoms with Crippen molar-refractivity contribution in [2.75, 3.05) is 39.3 Å². The van der Waals surface area contributed by atoms with E-state index in [1.807, 2.05) is 0 Å². The molecular weight excluding hydrogens is 274 g/mol. The van der Waals surface area contributed by atoms with Crippen LogP contribution >= 0.6 is 0 Å². The number of hydrogen-bond donors (Lipinski definition) is 1. The van der Waals surface area contributed by atoms with Crippen LogP contribution in [0.15, 0.2) is 24.3 Å². The molecule has 0 radical (unpaired) electrons. The molecule has 0 spiro atoms. The molecule has 1 aromatic carbocycles. The molecule has 0 aromatic heterocycles. The zero-order valence-electron chi connectivity index (χ0n) is 14.0. The Balaban J connectivity index is 1.72. The van der Waals surface area contributed by atoms with Crippen molar-refractivity contribution in [1.29, 1.82) is 0 Å². The van der Waals surface area contributed by atoms with Crippen LogP contribution in [0, 0.1) is 0 Å². The second kappa shape index (κ2) is 9.03. The summed E-state index contributed by atoms with van der Waals surface area (Å²) < 4.78 is 0. The fourth-order valence-corrected chi connectivity index (χ4v) is 2.78. The normalized spacial score (nSPS) is 16.8. The summed E-state index contributed by atoms with van der Waals surface area (Å²) in [6.07, 6.45) is 0.688. The largest absolute Gasteiger partial charge is 0.313 e. The smallest absolute Gasteiger partial charge is 0.131 e. The van der Waals surface area contributed by atoms with Crippen molar-refractivity contribution < 1.29 is 4.79 Å². The summed E-state index contributed by atoms with van der Waals surface area (Å²) in [5.74, 6) is 0.292. The van der Waals surface area contributed by atoms with Gasteiger partial charge in [-0.05, 0) is 24.6 Å². The number of hydrogen-bond acceptors (Lipinski definition) is 4. The minimum absolute atomic E-state index is 0.292. The third-order valence-corrected chi connectivity index (χ3v) is 4.25. The highest BCUT2D eigenvalue weighted by molar-refractivity contribution is 5.75. The average molecular weight is 303 g/mol. The average Bonchev–Trinajstić information content (AvgIpc) is 2.53. The first kappa shape index (κ1) is 17.1. The maximum absolute atomic E-state index is 11.0. The van der Waals surface area contributed by atoms with Gasteiger partial charge in [-0.1, -0.05) is 31.2 Å². The number of nitrogens with zero attached hydrogens (tertiary/aromatic N) is 2. The summed E-state index contributed by atoms with van der Waals surface area (Å²) in [7, 11) is 0. The molecule has 0 aliphatic carbocycles. The van der Waals surface area contributed by atoms with Gasteiger partial charge in [0.2, 0.25) is 0 Å². The van der Waals surface area contributed by atoms with Gasteiger partial charge in [-0.25, -0.2) is 0 Å². The number of carbonyl (C=O) groups excluding carboxylic acids is 1. The Morgan fingerprint density at radius 2 is 1.64 bits per heavy atom. The minimum atomic E-state index is 0.292. The molecule has 0 atom stereocenters. The van der Waals surface area contributed by atoms with Gasteiger partial charge in [0.15, 0.2) is 0 Å². The summed E-state index contributed by atoms with van der Waals surface area (Å²) in [6.45, 7) is 12.1. The molecule has 1 aliphatic heterocycles. The van der Waals surface area contributed by atoms with E-state index in [4.69, 9.17) is 0 Å². The summed E-state index contributed by atoms with van der Waals surface area (Å²) in [5.41, 5.74) is 2.73. The van der Waals surface area contributed by atoms with Gasteiger partial charge in [0.1, 0.15) is 5.78 Å². The van der Waals surface area contributed by atoms with Crippen LogP contribution in [0.3, 0.4) is 0 Å². The predicted molar refractivity (Wildman–Crippen MR) is 90.8 cm³/mol. The van der Waals surface area contributed by atoms with Gasteiger partial charge in [-0.15, -0.1) is 0 Å². The molecule has 122 valence electrons. The number of benzene rings is 1. The third-order valence-electron chi connectivity index (χ3n) is 4.25. The molecule has 1 N–H and O–H groups in total. The molecule has 1 aromatic rings. The molecule has 0 saturated carbocycles. The minimum Gasteiger partial charge on any atom is -0.313 e. The highest BCUT2D eigenvalue weighted by Crippen LogP contribution is 2.10. The third kappa shape index (κ3) is 5.87. The van der Waals surface area contributed by atoms with Crippen molar-refractivity contribution >= 4 is 5.78 Å². The van der Waals surface area contributed by atoms with Crippen molar-refractivity contribution in [2.45, 2.75) is 33.4 Å². The van der Waals surface area contributed by atoms with E-state index in [-0.39, 0.29) is 0 Å². The second-order valence-corrected chi connectivity index (χ2v) is 6.17. The zero-order valence-corrected chi connectivity index (χ0v) is 14.0. The lowest BCUT2D eigenvalue weighted by Gasteiger charge is -2.34. The lowest BCUT2D eigenvalue weighted by Crippen LogP contribution is -2.46. The van der Waals surface area contributed by atoms with Crippen LogP contribution in [0.4, 0.5) is 0 Å². The van der Waals surface area contributed by atoms with E-state index in [9.17, 15) is 4.79 Å². The van der Waals surface area contributed by atoms with E-state index in [1.165, 1.54) is 11.1 Å². The maximum atomic E-state index is 11.0. The van der Waals surface area contributed by atoms with Crippen LogP contribution in [-0.4, -0.2) is 54.9 Å². The number of ketones is 1. The van der Waals surface area contributed by atoms with Crippen LogP contribution in [0.2, 0.25) is 0 Å². The molecule has 0 unspecified atom stereocenters. The van der Waals surface area contributed by atoms with Gasteiger partial charge >= 0.3 is 0 Å². The van der Waals surface area contributed by atoms with Crippen molar-refractivity contribution in [3.8, 4) is 0 Å². The SMILES string of the molecule is CCNCc1ccc(CN2CCN(CCC(C)=O)CC2)cc1. The molecule has 0 bridgehead atoms.